The van der Waals surface area contributed by atoms with Crippen molar-refractivity contribution >= 4 is 0 Å². The molecule has 0 aromatic rings. The van der Waals surface area contributed by atoms with Crippen molar-refractivity contribution in [2.45, 2.75) is 52.1 Å². The molecule has 80 valence electrons. The van der Waals surface area contributed by atoms with Gasteiger partial charge < -0.3 is 10.2 Å². The Morgan fingerprint density at radius 2 is 1.77 bits per heavy atom. The summed E-state index contributed by atoms with van der Waals surface area (Å²) in [7, 11) is 4.35. The molecule has 2 heteroatoms. The van der Waals surface area contributed by atoms with Crippen LogP contribution in [0, 0.1) is 0 Å². The van der Waals surface area contributed by atoms with Crippen LogP contribution in [0.3, 0.4) is 0 Å². The molecule has 0 heterocycles. The number of rotatable bonds is 7. The van der Waals surface area contributed by atoms with Gasteiger partial charge in [-0.05, 0) is 33.5 Å². The van der Waals surface area contributed by atoms with Gasteiger partial charge in [0.1, 0.15) is 0 Å². The quantitative estimate of drug-likeness (QED) is 0.655. The molecule has 0 aromatic heterocycles. The lowest BCUT2D eigenvalue weighted by Crippen LogP contribution is -2.33. The highest BCUT2D eigenvalue weighted by molar-refractivity contribution is 4.67. The summed E-state index contributed by atoms with van der Waals surface area (Å²) < 4.78 is 0. The van der Waals surface area contributed by atoms with Gasteiger partial charge in [0.2, 0.25) is 0 Å². The van der Waals surface area contributed by atoms with Gasteiger partial charge in [-0.15, -0.1) is 0 Å². The second kappa shape index (κ2) is 7.34. The third-order valence-electron chi connectivity index (χ3n) is 2.38. The van der Waals surface area contributed by atoms with Gasteiger partial charge in [-0.25, -0.2) is 0 Å². The summed E-state index contributed by atoms with van der Waals surface area (Å²) in [4.78, 5) is 2.34. The van der Waals surface area contributed by atoms with E-state index in [9.17, 15) is 0 Å². The summed E-state index contributed by atoms with van der Waals surface area (Å²) >= 11 is 0. The molecule has 0 aliphatic rings. The second-order valence-corrected chi connectivity index (χ2v) is 4.30. The van der Waals surface area contributed by atoms with Crippen molar-refractivity contribution in [1.29, 1.82) is 0 Å². The van der Waals surface area contributed by atoms with Crippen LogP contribution < -0.4 is 5.32 Å². The predicted octanol–water partition coefficient (Wildman–Crippen LogP) is 2.10. The van der Waals surface area contributed by atoms with Crippen molar-refractivity contribution in [3.63, 3.8) is 0 Å². The molecular formula is C11H26N2. The molecule has 0 fully saturated rings. The Morgan fingerprint density at radius 3 is 2.15 bits per heavy atom. The minimum absolute atomic E-state index is 0.615. The first-order chi connectivity index (χ1) is 6.07. The van der Waals surface area contributed by atoms with Gasteiger partial charge in [-0.3, -0.25) is 0 Å². The minimum Gasteiger partial charge on any atom is -0.314 e. The lowest BCUT2D eigenvalue weighted by atomic mass is 10.1. The second-order valence-electron chi connectivity index (χ2n) is 4.30. The smallest absolute Gasteiger partial charge is 0.0101 e. The summed E-state index contributed by atoms with van der Waals surface area (Å²) in [5, 5.41) is 3.46. The zero-order valence-electron chi connectivity index (χ0n) is 9.93. The first kappa shape index (κ1) is 12.9. The summed E-state index contributed by atoms with van der Waals surface area (Å²) in [5.74, 6) is 0. The number of hydrogen-bond acceptors (Lipinski definition) is 2. The molecule has 0 aliphatic heterocycles. The van der Waals surface area contributed by atoms with Gasteiger partial charge in [0, 0.05) is 12.1 Å². The molecule has 1 atom stereocenters. The summed E-state index contributed by atoms with van der Waals surface area (Å²) in [6.45, 7) is 7.79. The number of nitrogens with zero attached hydrogens (tertiary/aromatic N) is 1. The Bertz CT molecular complexity index is 111. The van der Waals surface area contributed by atoms with E-state index in [0.717, 1.165) is 12.6 Å². The zero-order chi connectivity index (χ0) is 10.3. The summed E-state index contributed by atoms with van der Waals surface area (Å²) in [6, 6.07) is 1.36. The van der Waals surface area contributed by atoms with E-state index < -0.39 is 0 Å². The van der Waals surface area contributed by atoms with Crippen LogP contribution in [0.4, 0.5) is 0 Å². The Hall–Kier alpha value is -0.0800. The Balaban J connectivity index is 3.57. The maximum Gasteiger partial charge on any atom is 0.0101 e. The SMILES string of the molecule is CCCC(CCNC(C)C)N(C)C. The third-order valence-corrected chi connectivity index (χ3v) is 2.38. The van der Waals surface area contributed by atoms with Crippen molar-refractivity contribution in [3.05, 3.63) is 0 Å². The van der Waals surface area contributed by atoms with Crippen molar-refractivity contribution in [3.8, 4) is 0 Å². The molecule has 1 unspecified atom stereocenters. The standard InChI is InChI=1S/C11H26N2/c1-6-7-11(13(4)5)8-9-12-10(2)3/h10-12H,6-9H2,1-5H3. The van der Waals surface area contributed by atoms with E-state index in [1.807, 2.05) is 0 Å². The molecule has 0 saturated carbocycles. The van der Waals surface area contributed by atoms with E-state index in [-0.39, 0.29) is 0 Å². The molecule has 0 amide bonds. The Morgan fingerprint density at radius 1 is 1.15 bits per heavy atom. The van der Waals surface area contributed by atoms with E-state index in [1.54, 1.807) is 0 Å². The molecule has 0 bridgehead atoms. The fourth-order valence-corrected chi connectivity index (χ4v) is 1.53. The van der Waals surface area contributed by atoms with Gasteiger partial charge in [-0.1, -0.05) is 27.2 Å². The van der Waals surface area contributed by atoms with Crippen molar-refractivity contribution in [1.82, 2.24) is 10.2 Å². The minimum atomic E-state index is 0.615. The molecular weight excluding hydrogens is 160 g/mol. The topological polar surface area (TPSA) is 15.3 Å². The van der Waals surface area contributed by atoms with Gasteiger partial charge >= 0.3 is 0 Å². The molecule has 0 radical (unpaired) electrons. The van der Waals surface area contributed by atoms with Crippen LogP contribution in [-0.4, -0.2) is 37.6 Å². The van der Waals surface area contributed by atoms with E-state index in [0.29, 0.717) is 6.04 Å². The van der Waals surface area contributed by atoms with Crippen molar-refractivity contribution in [2.24, 2.45) is 0 Å². The highest BCUT2D eigenvalue weighted by Gasteiger charge is 2.09. The average Bonchev–Trinajstić information content (AvgIpc) is 2.02. The molecule has 0 rings (SSSR count). The van der Waals surface area contributed by atoms with Crippen LogP contribution in [0.15, 0.2) is 0 Å². The van der Waals surface area contributed by atoms with Crippen molar-refractivity contribution < 1.29 is 0 Å². The zero-order valence-corrected chi connectivity index (χ0v) is 9.93. The third kappa shape index (κ3) is 7.03. The Labute approximate surface area is 83.7 Å². The van der Waals surface area contributed by atoms with E-state index in [4.69, 9.17) is 0 Å². The fourth-order valence-electron chi connectivity index (χ4n) is 1.53. The fraction of sp³-hybridized carbons (Fsp3) is 1.00. The van der Waals surface area contributed by atoms with Gasteiger partial charge in [0.25, 0.3) is 0 Å². The monoisotopic (exact) mass is 186 g/mol. The molecule has 1 N–H and O–H groups in total. The Kier molecular flexibility index (Phi) is 7.29. The van der Waals surface area contributed by atoms with E-state index in [1.165, 1.54) is 19.3 Å². The maximum absolute atomic E-state index is 3.46. The molecule has 0 saturated heterocycles. The van der Waals surface area contributed by atoms with Gasteiger partial charge in [-0.2, -0.15) is 0 Å². The van der Waals surface area contributed by atoms with E-state index >= 15 is 0 Å². The average molecular weight is 186 g/mol. The molecule has 0 aliphatic carbocycles. The molecule has 13 heavy (non-hydrogen) atoms. The van der Waals surface area contributed by atoms with Crippen LogP contribution in [0.25, 0.3) is 0 Å². The molecule has 0 spiro atoms. The lowest BCUT2D eigenvalue weighted by molar-refractivity contribution is 0.258. The highest BCUT2D eigenvalue weighted by Crippen LogP contribution is 2.06. The predicted molar refractivity (Wildman–Crippen MR) is 60.1 cm³/mol. The van der Waals surface area contributed by atoms with Crippen molar-refractivity contribution in [2.75, 3.05) is 20.6 Å². The van der Waals surface area contributed by atoms with Gasteiger partial charge in [0.05, 0.1) is 0 Å². The van der Waals surface area contributed by atoms with Crippen LogP contribution in [0.5, 0.6) is 0 Å². The normalized spacial score (nSPS) is 14.1. The largest absolute Gasteiger partial charge is 0.314 e. The molecule has 2 nitrogen and oxygen atoms in total. The summed E-state index contributed by atoms with van der Waals surface area (Å²) in [5.41, 5.74) is 0. The van der Waals surface area contributed by atoms with Crippen LogP contribution in [0.2, 0.25) is 0 Å². The first-order valence-corrected chi connectivity index (χ1v) is 5.47. The van der Waals surface area contributed by atoms with Gasteiger partial charge in [0.15, 0.2) is 0 Å². The lowest BCUT2D eigenvalue weighted by Gasteiger charge is -2.24. The summed E-state index contributed by atoms with van der Waals surface area (Å²) in [6.07, 6.45) is 3.86. The first-order valence-electron chi connectivity index (χ1n) is 5.47. The molecule has 0 aromatic carbocycles. The highest BCUT2D eigenvalue weighted by atomic mass is 15.1. The van der Waals surface area contributed by atoms with E-state index in [2.05, 4.69) is 45.1 Å². The van der Waals surface area contributed by atoms with Crippen LogP contribution in [0.1, 0.15) is 40.0 Å². The van der Waals surface area contributed by atoms with Crippen LogP contribution >= 0.6 is 0 Å². The number of nitrogens with one attached hydrogen (secondary N) is 1. The van der Waals surface area contributed by atoms with Crippen LogP contribution in [-0.2, 0) is 0 Å². The maximum atomic E-state index is 3.46. The number of hydrogen-bond donors (Lipinski definition) is 1.